The first-order valence-electron chi connectivity index (χ1n) is 8.41. The molecule has 132 valence electrons. The van der Waals surface area contributed by atoms with Gasteiger partial charge in [0.25, 0.3) is 5.91 Å². The number of pyridine rings is 1. The molecule has 1 aliphatic heterocycles. The molecule has 0 aliphatic carbocycles. The van der Waals surface area contributed by atoms with E-state index in [2.05, 4.69) is 10.3 Å². The largest absolute Gasteiger partial charge is 0.474 e. The van der Waals surface area contributed by atoms with Gasteiger partial charge in [-0.05, 0) is 30.3 Å². The molecule has 1 aromatic carbocycles. The molecule has 25 heavy (non-hydrogen) atoms. The maximum atomic E-state index is 12.3. The van der Waals surface area contributed by atoms with Crippen LogP contribution in [0.4, 0.5) is 11.4 Å². The Hall–Kier alpha value is -2.60. The van der Waals surface area contributed by atoms with E-state index >= 15 is 0 Å². The number of hydrogen-bond acceptors (Lipinski definition) is 5. The second-order valence-corrected chi connectivity index (χ2v) is 6.21. The Labute approximate surface area is 147 Å². The molecule has 1 fully saturated rings. The van der Waals surface area contributed by atoms with Gasteiger partial charge in [-0.2, -0.15) is 0 Å². The van der Waals surface area contributed by atoms with Gasteiger partial charge in [-0.3, -0.25) is 4.79 Å². The molecular formula is C19H23N3O3. The molecule has 2 heterocycles. The fourth-order valence-corrected chi connectivity index (χ4v) is 2.60. The van der Waals surface area contributed by atoms with Gasteiger partial charge in [0.15, 0.2) is 0 Å². The summed E-state index contributed by atoms with van der Waals surface area (Å²) in [6.07, 6.45) is 3.41. The minimum absolute atomic E-state index is 0.135. The molecule has 6 nitrogen and oxygen atoms in total. The Morgan fingerprint density at radius 2 is 1.88 bits per heavy atom. The van der Waals surface area contributed by atoms with E-state index in [4.69, 9.17) is 9.47 Å². The number of carbonyl (C=O) groups is 1. The Morgan fingerprint density at radius 1 is 1.16 bits per heavy atom. The summed E-state index contributed by atoms with van der Waals surface area (Å²) in [5.41, 5.74) is 2.32. The van der Waals surface area contributed by atoms with Crippen molar-refractivity contribution in [1.29, 1.82) is 0 Å². The highest BCUT2D eigenvalue weighted by Crippen LogP contribution is 2.18. The van der Waals surface area contributed by atoms with E-state index in [0.29, 0.717) is 11.4 Å². The number of nitrogens with zero attached hydrogens (tertiary/aromatic N) is 2. The van der Waals surface area contributed by atoms with E-state index in [9.17, 15) is 4.79 Å². The lowest BCUT2D eigenvalue weighted by atomic mass is 10.1. The maximum Gasteiger partial charge on any atom is 0.257 e. The topological polar surface area (TPSA) is 63.7 Å². The van der Waals surface area contributed by atoms with Crippen LogP contribution in [-0.2, 0) is 4.74 Å². The maximum absolute atomic E-state index is 12.3. The summed E-state index contributed by atoms with van der Waals surface area (Å²) in [5, 5.41) is 2.87. The molecule has 0 spiro atoms. The number of ether oxygens (including phenoxy) is 2. The predicted molar refractivity (Wildman–Crippen MR) is 97.4 cm³/mol. The lowest BCUT2D eigenvalue weighted by Crippen LogP contribution is -2.26. The van der Waals surface area contributed by atoms with Crippen molar-refractivity contribution in [1.82, 2.24) is 4.98 Å². The lowest BCUT2D eigenvalue weighted by molar-refractivity contribution is 0.0237. The molecule has 0 radical (unpaired) electrons. The average Bonchev–Trinajstić information content (AvgIpc) is 2.63. The Kier molecular flexibility index (Phi) is 5.50. The highest BCUT2D eigenvalue weighted by Gasteiger charge is 2.16. The number of amides is 1. The average molecular weight is 341 g/mol. The molecule has 1 saturated heterocycles. The van der Waals surface area contributed by atoms with Gasteiger partial charge in [0.05, 0.1) is 18.8 Å². The second-order valence-electron chi connectivity index (χ2n) is 6.21. The Bertz CT molecular complexity index is 693. The van der Waals surface area contributed by atoms with Crippen molar-refractivity contribution in [3.63, 3.8) is 0 Å². The van der Waals surface area contributed by atoms with Crippen LogP contribution in [0.2, 0.25) is 0 Å². The third-order valence-corrected chi connectivity index (χ3v) is 4.10. The summed E-state index contributed by atoms with van der Waals surface area (Å²) in [6.45, 7) is 1.44. The summed E-state index contributed by atoms with van der Waals surface area (Å²) >= 11 is 0. The van der Waals surface area contributed by atoms with Gasteiger partial charge in [-0.25, -0.2) is 4.98 Å². The molecule has 2 aromatic rings. The normalized spacial score (nSPS) is 14.8. The SMILES string of the molecule is CN(C)c1ccc(NC(=O)c2ccc(OC3CCOCC3)nc2)cc1. The smallest absolute Gasteiger partial charge is 0.257 e. The molecule has 0 bridgehead atoms. The van der Waals surface area contributed by atoms with Gasteiger partial charge >= 0.3 is 0 Å². The van der Waals surface area contributed by atoms with E-state index in [1.807, 2.05) is 43.3 Å². The van der Waals surface area contributed by atoms with Gasteiger partial charge in [-0.15, -0.1) is 0 Å². The highest BCUT2D eigenvalue weighted by molar-refractivity contribution is 6.04. The zero-order chi connectivity index (χ0) is 17.6. The molecule has 1 amide bonds. The predicted octanol–water partition coefficient (Wildman–Crippen LogP) is 2.96. The van der Waals surface area contributed by atoms with Crippen molar-refractivity contribution in [2.45, 2.75) is 18.9 Å². The third-order valence-electron chi connectivity index (χ3n) is 4.10. The minimum Gasteiger partial charge on any atom is -0.474 e. The van der Waals surface area contributed by atoms with E-state index in [1.165, 1.54) is 6.20 Å². The number of carbonyl (C=O) groups excluding carboxylic acids is 1. The van der Waals surface area contributed by atoms with Crippen LogP contribution in [0.25, 0.3) is 0 Å². The number of benzene rings is 1. The fraction of sp³-hybridized carbons (Fsp3) is 0.368. The first-order valence-corrected chi connectivity index (χ1v) is 8.41. The summed E-state index contributed by atoms with van der Waals surface area (Å²) in [6, 6.07) is 11.1. The molecule has 1 aliphatic rings. The third kappa shape index (κ3) is 4.70. The monoisotopic (exact) mass is 341 g/mol. The zero-order valence-corrected chi connectivity index (χ0v) is 14.6. The first kappa shape index (κ1) is 17.2. The number of aromatic nitrogens is 1. The number of hydrogen-bond donors (Lipinski definition) is 1. The van der Waals surface area contributed by atoms with E-state index in [0.717, 1.165) is 37.4 Å². The number of nitrogens with one attached hydrogen (secondary N) is 1. The van der Waals surface area contributed by atoms with Crippen LogP contribution in [0.15, 0.2) is 42.6 Å². The molecule has 6 heteroatoms. The van der Waals surface area contributed by atoms with Crippen molar-refractivity contribution >= 4 is 17.3 Å². The van der Waals surface area contributed by atoms with Gasteiger partial charge in [0, 0.05) is 50.6 Å². The molecule has 0 atom stereocenters. The van der Waals surface area contributed by atoms with Gasteiger partial charge in [0.2, 0.25) is 5.88 Å². The van der Waals surface area contributed by atoms with Crippen LogP contribution in [0.1, 0.15) is 23.2 Å². The van der Waals surface area contributed by atoms with Gasteiger partial charge in [0.1, 0.15) is 6.10 Å². The van der Waals surface area contributed by atoms with Crippen LogP contribution in [0.3, 0.4) is 0 Å². The van der Waals surface area contributed by atoms with Crippen molar-refractivity contribution in [3.05, 3.63) is 48.2 Å². The molecule has 3 rings (SSSR count). The first-order chi connectivity index (χ1) is 12.1. The fourth-order valence-electron chi connectivity index (χ4n) is 2.60. The van der Waals surface area contributed by atoms with E-state index in [1.54, 1.807) is 12.1 Å². The van der Waals surface area contributed by atoms with Crippen LogP contribution < -0.4 is 15.0 Å². The van der Waals surface area contributed by atoms with Gasteiger partial charge < -0.3 is 19.7 Å². The lowest BCUT2D eigenvalue weighted by Gasteiger charge is -2.22. The van der Waals surface area contributed by atoms with Crippen molar-refractivity contribution in [2.75, 3.05) is 37.5 Å². The zero-order valence-electron chi connectivity index (χ0n) is 14.6. The summed E-state index contributed by atoms with van der Waals surface area (Å²) in [4.78, 5) is 18.6. The van der Waals surface area contributed by atoms with Crippen LogP contribution in [0.5, 0.6) is 5.88 Å². The molecule has 1 aromatic heterocycles. The van der Waals surface area contributed by atoms with Crippen molar-refractivity contribution < 1.29 is 14.3 Å². The Morgan fingerprint density at radius 3 is 2.48 bits per heavy atom. The molecular weight excluding hydrogens is 318 g/mol. The quantitative estimate of drug-likeness (QED) is 0.906. The standard InChI is InChI=1S/C19H23N3O3/c1-22(2)16-6-4-15(5-7-16)21-19(23)14-3-8-18(20-13-14)25-17-9-11-24-12-10-17/h3-8,13,17H,9-12H2,1-2H3,(H,21,23). The van der Waals surface area contributed by atoms with Crippen LogP contribution >= 0.6 is 0 Å². The van der Waals surface area contributed by atoms with Crippen molar-refractivity contribution in [2.24, 2.45) is 0 Å². The van der Waals surface area contributed by atoms with Crippen LogP contribution in [-0.4, -0.2) is 44.3 Å². The summed E-state index contributed by atoms with van der Waals surface area (Å²) < 4.78 is 11.1. The number of rotatable bonds is 5. The van der Waals surface area contributed by atoms with E-state index < -0.39 is 0 Å². The van der Waals surface area contributed by atoms with E-state index in [-0.39, 0.29) is 12.0 Å². The second kappa shape index (κ2) is 7.98. The van der Waals surface area contributed by atoms with Gasteiger partial charge in [-0.1, -0.05) is 0 Å². The number of anilines is 2. The molecule has 0 unspecified atom stereocenters. The minimum atomic E-state index is -0.192. The summed E-state index contributed by atoms with van der Waals surface area (Å²) in [7, 11) is 3.95. The Balaban J connectivity index is 1.58. The van der Waals surface area contributed by atoms with Crippen molar-refractivity contribution in [3.8, 4) is 5.88 Å². The highest BCUT2D eigenvalue weighted by atomic mass is 16.5. The summed E-state index contributed by atoms with van der Waals surface area (Å²) in [5.74, 6) is 0.349. The van der Waals surface area contributed by atoms with Crippen LogP contribution in [0, 0.1) is 0 Å². The molecule has 0 saturated carbocycles. The molecule has 1 N–H and O–H groups in total.